The minimum Gasteiger partial charge on any atom is -0.551 e. The molecule has 0 aliphatic heterocycles. The Morgan fingerprint density at radius 1 is 0.647 bits per heavy atom. The van der Waals surface area contributed by atoms with Gasteiger partial charge in [0.2, 0.25) is 0 Å². The van der Waals surface area contributed by atoms with Crippen molar-refractivity contribution in [1.29, 1.82) is 0 Å². The maximum atomic E-state index is 13.1. The number of hydrogen-bond acceptors (Lipinski definition) is 2. The van der Waals surface area contributed by atoms with E-state index in [0.29, 0.717) is 11.1 Å². The molecule has 0 radical (unpaired) electrons. The number of rotatable bonds is 7. The first-order chi connectivity index (χ1) is 16.4. The van der Waals surface area contributed by atoms with Crippen LogP contribution in [0.1, 0.15) is 21.5 Å². The van der Waals surface area contributed by atoms with Crippen molar-refractivity contribution >= 4 is 29.4 Å². The molecule has 0 saturated carbocycles. The van der Waals surface area contributed by atoms with E-state index in [0.717, 1.165) is 23.1 Å². The van der Waals surface area contributed by atoms with Crippen molar-refractivity contribution in [3.05, 3.63) is 138 Å². The Morgan fingerprint density at radius 2 is 1.12 bits per heavy atom. The second-order valence-electron chi connectivity index (χ2n) is 7.63. The first-order valence-electron chi connectivity index (χ1n) is 10.7. The van der Waals surface area contributed by atoms with Crippen molar-refractivity contribution in [2.45, 2.75) is 6.18 Å². The molecule has 4 rings (SSSR count). The highest BCUT2D eigenvalue weighted by Crippen LogP contribution is 2.30. The first-order valence-corrected chi connectivity index (χ1v) is 10.7. The Balaban J connectivity index is 1.78. The second-order valence-corrected chi connectivity index (χ2v) is 7.63. The van der Waals surface area contributed by atoms with Crippen LogP contribution in [0.2, 0.25) is 0 Å². The number of allylic oxidation sites excluding steroid dienone is 1. The van der Waals surface area contributed by atoms with Crippen LogP contribution in [0.4, 0.5) is 13.2 Å². The van der Waals surface area contributed by atoms with Gasteiger partial charge < -0.3 is 4.65 Å². The summed E-state index contributed by atoms with van der Waals surface area (Å²) < 4.78 is 45.7. The first kappa shape index (κ1) is 23.1. The summed E-state index contributed by atoms with van der Waals surface area (Å²) in [6, 6.07) is 32.2. The number of carbonyl (C=O) groups is 1. The molecule has 6 heteroatoms. The molecule has 0 unspecified atom stereocenters. The molecule has 0 spiro atoms. The maximum Gasteiger partial charge on any atom is 0.426 e. The summed E-state index contributed by atoms with van der Waals surface area (Å²) in [5, 5.41) is 0. The lowest BCUT2D eigenvalue weighted by molar-refractivity contribution is -0.137. The molecule has 0 N–H and O–H groups in total. The van der Waals surface area contributed by atoms with E-state index in [9.17, 15) is 18.0 Å². The van der Waals surface area contributed by atoms with Gasteiger partial charge in [0.1, 0.15) is 5.76 Å². The highest BCUT2D eigenvalue weighted by atomic mass is 19.4. The average molecular weight is 456 g/mol. The normalized spacial score (nSPS) is 11.7. The van der Waals surface area contributed by atoms with Crippen LogP contribution in [0.25, 0.3) is 5.76 Å². The second kappa shape index (κ2) is 10.3. The van der Waals surface area contributed by atoms with Gasteiger partial charge in [0.15, 0.2) is 5.78 Å². The van der Waals surface area contributed by atoms with Gasteiger partial charge >= 0.3 is 13.1 Å². The lowest BCUT2D eigenvalue weighted by atomic mass is 9.55. The third-order valence-electron chi connectivity index (χ3n) is 5.27. The highest BCUT2D eigenvalue weighted by Gasteiger charge is 2.30. The Kier molecular flexibility index (Phi) is 6.97. The number of ketones is 1. The van der Waals surface area contributed by atoms with E-state index in [2.05, 4.69) is 0 Å². The number of benzene rings is 4. The zero-order valence-corrected chi connectivity index (χ0v) is 18.1. The third-order valence-corrected chi connectivity index (χ3v) is 5.27. The van der Waals surface area contributed by atoms with Crippen molar-refractivity contribution < 1.29 is 22.6 Å². The summed E-state index contributed by atoms with van der Waals surface area (Å²) in [5.41, 5.74) is 1.74. The van der Waals surface area contributed by atoms with Crippen molar-refractivity contribution in [1.82, 2.24) is 0 Å². The van der Waals surface area contributed by atoms with Crippen LogP contribution < -0.4 is 10.9 Å². The molecule has 0 aliphatic rings. The molecule has 0 aliphatic carbocycles. The molecule has 34 heavy (non-hydrogen) atoms. The summed E-state index contributed by atoms with van der Waals surface area (Å²) in [6.45, 7) is -0.570. The van der Waals surface area contributed by atoms with Gasteiger partial charge in [-0.05, 0) is 23.1 Å². The number of hydrogen-bond donors (Lipinski definition) is 0. The SMILES string of the molecule is O=C(/C=C(\OB(c1ccccc1)c1ccccc1)c1ccc(C(F)(F)F)cc1)c1ccccc1. The van der Waals surface area contributed by atoms with Gasteiger partial charge in [-0.1, -0.05) is 103 Å². The number of halogens is 3. The minimum atomic E-state index is -4.46. The van der Waals surface area contributed by atoms with Crippen molar-refractivity contribution in [3.8, 4) is 0 Å². The van der Waals surface area contributed by atoms with Crippen LogP contribution in [0.15, 0.2) is 121 Å². The van der Waals surface area contributed by atoms with Gasteiger partial charge in [0.25, 0.3) is 0 Å². The maximum absolute atomic E-state index is 13.1. The van der Waals surface area contributed by atoms with Gasteiger partial charge in [-0.25, -0.2) is 0 Å². The summed E-state index contributed by atoms with van der Waals surface area (Å²) >= 11 is 0. The van der Waals surface area contributed by atoms with E-state index in [4.69, 9.17) is 4.65 Å². The van der Waals surface area contributed by atoms with Crippen molar-refractivity contribution in [3.63, 3.8) is 0 Å². The molecule has 2 nitrogen and oxygen atoms in total. The molecular formula is C28H20BF3O2. The summed E-state index contributed by atoms with van der Waals surface area (Å²) in [6.07, 6.45) is -3.13. The van der Waals surface area contributed by atoms with Crippen molar-refractivity contribution in [2.75, 3.05) is 0 Å². The zero-order valence-electron chi connectivity index (χ0n) is 18.1. The van der Waals surface area contributed by atoms with E-state index in [-0.39, 0.29) is 11.5 Å². The molecule has 168 valence electrons. The molecule has 0 bridgehead atoms. The van der Waals surface area contributed by atoms with Gasteiger partial charge in [-0.2, -0.15) is 13.2 Å². The van der Waals surface area contributed by atoms with Crippen LogP contribution in [0.5, 0.6) is 0 Å². The van der Waals surface area contributed by atoms with Crippen LogP contribution in [-0.4, -0.2) is 12.7 Å². The average Bonchev–Trinajstić information content (AvgIpc) is 2.87. The fraction of sp³-hybridized carbons (Fsp3) is 0.0357. The molecule has 0 fully saturated rings. The Hall–Kier alpha value is -4.06. The standard InChI is InChI=1S/C28H20BF3O2/c30-28(31,32)23-18-16-22(17-19-23)27(20-26(33)21-10-4-1-5-11-21)34-29(24-12-6-2-7-13-24)25-14-8-3-9-15-25/h1-20H/b27-20-. The van der Waals surface area contributed by atoms with Crippen LogP contribution in [0.3, 0.4) is 0 Å². The quantitative estimate of drug-likeness (QED) is 0.153. The predicted octanol–water partition coefficient (Wildman–Crippen LogP) is 5.75. The van der Waals surface area contributed by atoms with Crippen LogP contribution in [-0.2, 0) is 10.8 Å². The van der Waals surface area contributed by atoms with Crippen LogP contribution in [0, 0.1) is 0 Å². The highest BCUT2D eigenvalue weighted by molar-refractivity contribution is 6.80. The Bertz CT molecular complexity index is 1210. The summed E-state index contributed by atoms with van der Waals surface area (Å²) in [5.74, 6) is -0.129. The molecule has 0 atom stereocenters. The molecular weight excluding hydrogens is 436 g/mol. The fourth-order valence-electron chi connectivity index (χ4n) is 3.52. The van der Waals surface area contributed by atoms with Gasteiger partial charge in [-0.15, -0.1) is 0 Å². The van der Waals surface area contributed by atoms with Crippen molar-refractivity contribution in [2.24, 2.45) is 0 Å². The third kappa shape index (κ3) is 5.65. The van der Waals surface area contributed by atoms with Crippen LogP contribution >= 0.6 is 0 Å². The molecule has 0 amide bonds. The molecule has 4 aromatic rings. The number of alkyl halides is 3. The lowest BCUT2D eigenvalue weighted by Gasteiger charge is -2.20. The van der Waals surface area contributed by atoms with E-state index in [1.54, 1.807) is 30.3 Å². The fourth-order valence-corrected chi connectivity index (χ4v) is 3.52. The summed E-state index contributed by atoms with van der Waals surface area (Å²) in [7, 11) is 0. The Morgan fingerprint density at radius 3 is 1.59 bits per heavy atom. The summed E-state index contributed by atoms with van der Waals surface area (Å²) in [4.78, 5) is 13.0. The molecule has 0 heterocycles. The lowest BCUT2D eigenvalue weighted by Crippen LogP contribution is -2.44. The van der Waals surface area contributed by atoms with E-state index >= 15 is 0 Å². The van der Waals surface area contributed by atoms with E-state index in [1.165, 1.54) is 18.2 Å². The minimum absolute atomic E-state index is 0.181. The van der Waals surface area contributed by atoms with Gasteiger partial charge in [0.05, 0.1) is 5.56 Å². The van der Waals surface area contributed by atoms with Gasteiger partial charge in [0, 0.05) is 17.2 Å². The van der Waals surface area contributed by atoms with Gasteiger partial charge in [-0.3, -0.25) is 4.79 Å². The molecule has 0 saturated heterocycles. The monoisotopic (exact) mass is 456 g/mol. The predicted molar refractivity (Wildman–Crippen MR) is 129 cm³/mol. The molecule has 0 aromatic heterocycles. The zero-order chi connectivity index (χ0) is 24.0. The topological polar surface area (TPSA) is 26.3 Å². The smallest absolute Gasteiger partial charge is 0.426 e. The van der Waals surface area contributed by atoms with E-state index in [1.807, 2.05) is 60.7 Å². The molecule has 4 aromatic carbocycles. The van der Waals surface area contributed by atoms with E-state index < -0.39 is 18.7 Å². The Labute approximate surface area is 196 Å². The largest absolute Gasteiger partial charge is 0.551 e. The number of carbonyl (C=O) groups excluding carboxylic acids is 1.